The molecule has 1 aromatic heterocycles. The number of anilines is 1. The summed E-state index contributed by atoms with van der Waals surface area (Å²) in [5, 5.41) is 1.08. The van der Waals surface area contributed by atoms with Gasteiger partial charge in [0.15, 0.2) is 0 Å². The molecule has 0 bridgehead atoms. The molecule has 0 saturated heterocycles. The Morgan fingerprint density at radius 3 is 2.88 bits per heavy atom. The van der Waals surface area contributed by atoms with Crippen molar-refractivity contribution in [3.8, 4) is 0 Å². The highest BCUT2D eigenvalue weighted by atomic mass is 16.3. The highest BCUT2D eigenvalue weighted by Crippen LogP contribution is 2.33. The molecule has 3 heteroatoms. The van der Waals surface area contributed by atoms with Crippen molar-refractivity contribution in [3.63, 3.8) is 0 Å². The SMILES string of the molecule is Cc1cc(C)c2c(CC(=O)N3c4ccccc4C[C@H]3C)coc2c1. The molecule has 2 heterocycles. The van der Waals surface area contributed by atoms with Crippen LogP contribution in [0.4, 0.5) is 5.69 Å². The van der Waals surface area contributed by atoms with Gasteiger partial charge in [-0.05, 0) is 56.0 Å². The zero-order chi connectivity index (χ0) is 16.8. The van der Waals surface area contributed by atoms with E-state index < -0.39 is 0 Å². The molecule has 0 radical (unpaired) electrons. The normalized spacial score (nSPS) is 16.6. The maximum Gasteiger partial charge on any atom is 0.231 e. The van der Waals surface area contributed by atoms with Gasteiger partial charge in [0, 0.05) is 22.7 Å². The lowest BCUT2D eigenvalue weighted by molar-refractivity contribution is -0.118. The van der Waals surface area contributed by atoms with Crippen molar-refractivity contribution in [2.75, 3.05) is 4.90 Å². The van der Waals surface area contributed by atoms with Crippen LogP contribution in [0.15, 0.2) is 47.1 Å². The van der Waals surface area contributed by atoms with Gasteiger partial charge in [-0.1, -0.05) is 24.3 Å². The fraction of sp³-hybridized carbons (Fsp3) is 0.286. The van der Waals surface area contributed by atoms with E-state index in [1.165, 1.54) is 11.1 Å². The summed E-state index contributed by atoms with van der Waals surface area (Å²) >= 11 is 0. The maximum absolute atomic E-state index is 13.0. The van der Waals surface area contributed by atoms with Gasteiger partial charge in [0.1, 0.15) is 5.58 Å². The molecule has 0 fully saturated rings. The largest absolute Gasteiger partial charge is 0.464 e. The Morgan fingerprint density at radius 2 is 2.04 bits per heavy atom. The standard InChI is InChI=1S/C21H21NO2/c1-13-8-14(2)21-17(12-24-19(21)9-13)11-20(23)22-15(3)10-16-6-4-5-7-18(16)22/h4-9,12,15H,10-11H2,1-3H3/t15-/m1/s1. The van der Waals surface area contributed by atoms with Gasteiger partial charge in [-0.25, -0.2) is 0 Å². The Labute approximate surface area is 141 Å². The number of hydrogen-bond acceptors (Lipinski definition) is 2. The minimum atomic E-state index is 0.134. The summed E-state index contributed by atoms with van der Waals surface area (Å²) in [5.41, 5.74) is 6.48. The zero-order valence-corrected chi connectivity index (χ0v) is 14.3. The summed E-state index contributed by atoms with van der Waals surface area (Å²) in [6, 6.07) is 12.6. The van der Waals surface area contributed by atoms with Gasteiger partial charge in [0.2, 0.25) is 5.91 Å². The number of para-hydroxylation sites is 1. The van der Waals surface area contributed by atoms with E-state index in [9.17, 15) is 4.79 Å². The number of fused-ring (bicyclic) bond motifs is 2. The molecule has 1 aliphatic rings. The van der Waals surface area contributed by atoms with Gasteiger partial charge in [-0.2, -0.15) is 0 Å². The molecular formula is C21H21NO2. The first kappa shape index (κ1) is 15.0. The van der Waals surface area contributed by atoms with Crippen LogP contribution in [0.3, 0.4) is 0 Å². The lowest BCUT2D eigenvalue weighted by Gasteiger charge is -2.22. The number of benzene rings is 2. The maximum atomic E-state index is 13.0. The number of nitrogens with zero attached hydrogens (tertiary/aromatic N) is 1. The van der Waals surface area contributed by atoms with Gasteiger partial charge in [0.05, 0.1) is 12.7 Å². The molecule has 2 aromatic carbocycles. The van der Waals surface area contributed by atoms with E-state index in [0.717, 1.165) is 34.2 Å². The van der Waals surface area contributed by atoms with Crippen molar-refractivity contribution in [3.05, 3.63) is 64.9 Å². The zero-order valence-electron chi connectivity index (χ0n) is 14.3. The van der Waals surface area contributed by atoms with Crippen molar-refractivity contribution in [1.29, 1.82) is 0 Å². The van der Waals surface area contributed by atoms with E-state index in [1.54, 1.807) is 6.26 Å². The summed E-state index contributed by atoms with van der Waals surface area (Å²) in [5.74, 6) is 0.134. The molecule has 0 saturated carbocycles. The average Bonchev–Trinajstić information content (AvgIpc) is 3.07. The second-order valence-corrected chi connectivity index (χ2v) is 6.84. The van der Waals surface area contributed by atoms with Crippen LogP contribution in [-0.4, -0.2) is 11.9 Å². The molecule has 3 nitrogen and oxygen atoms in total. The smallest absolute Gasteiger partial charge is 0.231 e. The second-order valence-electron chi connectivity index (χ2n) is 6.84. The summed E-state index contributed by atoms with van der Waals surface area (Å²) in [7, 11) is 0. The molecular weight excluding hydrogens is 298 g/mol. The van der Waals surface area contributed by atoms with E-state index in [4.69, 9.17) is 4.42 Å². The van der Waals surface area contributed by atoms with Gasteiger partial charge >= 0.3 is 0 Å². The molecule has 1 amide bonds. The van der Waals surface area contributed by atoms with Crippen LogP contribution in [0.1, 0.15) is 29.2 Å². The Hall–Kier alpha value is -2.55. The van der Waals surface area contributed by atoms with Crippen LogP contribution in [0.25, 0.3) is 11.0 Å². The second kappa shape index (κ2) is 5.52. The van der Waals surface area contributed by atoms with Crippen LogP contribution in [0, 0.1) is 13.8 Å². The molecule has 0 N–H and O–H groups in total. The third kappa shape index (κ3) is 2.32. The fourth-order valence-electron chi connectivity index (χ4n) is 3.95. The lowest BCUT2D eigenvalue weighted by Crippen LogP contribution is -2.36. The van der Waals surface area contributed by atoms with Gasteiger partial charge < -0.3 is 9.32 Å². The molecule has 4 rings (SSSR count). The number of amides is 1. The van der Waals surface area contributed by atoms with E-state index in [0.29, 0.717) is 6.42 Å². The van der Waals surface area contributed by atoms with Crippen LogP contribution in [0.5, 0.6) is 0 Å². The van der Waals surface area contributed by atoms with Gasteiger partial charge in [-0.3, -0.25) is 4.79 Å². The molecule has 0 spiro atoms. The van der Waals surface area contributed by atoms with E-state index in [1.807, 2.05) is 29.2 Å². The third-order valence-electron chi connectivity index (χ3n) is 4.91. The van der Waals surface area contributed by atoms with Crippen LogP contribution < -0.4 is 4.90 Å². The molecule has 24 heavy (non-hydrogen) atoms. The Kier molecular flexibility index (Phi) is 3.45. The predicted molar refractivity (Wildman–Crippen MR) is 96.5 cm³/mol. The molecule has 0 aliphatic carbocycles. The van der Waals surface area contributed by atoms with Gasteiger partial charge in [-0.15, -0.1) is 0 Å². The molecule has 1 atom stereocenters. The number of furan rings is 1. The minimum absolute atomic E-state index is 0.134. The Balaban J connectivity index is 1.68. The number of hydrogen-bond donors (Lipinski definition) is 0. The first-order valence-electron chi connectivity index (χ1n) is 8.42. The first-order chi connectivity index (χ1) is 11.5. The summed E-state index contributed by atoms with van der Waals surface area (Å²) in [6.07, 6.45) is 3.03. The minimum Gasteiger partial charge on any atom is -0.464 e. The van der Waals surface area contributed by atoms with Crippen LogP contribution in [0.2, 0.25) is 0 Å². The third-order valence-corrected chi connectivity index (χ3v) is 4.91. The molecule has 1 aliphatic heterocycles. The van der Waals surface area contributed by atoms with Crippen LogP contribution >= 0.6 is 0 Å². The van der Waals surface area contributed by atoms with E-state index in [-0.39, 0.29) is 11.9 Å². The van der Waals surface area contributed by atoms with Crippen molar-refractivity contribution in [2.24, 2.45) is 0 Å². The van der Waals surface area contributed by atoms with Crippen molar-refractivity contribution < 1.29 is 9.21 Å². The number of rotatable bonds is 2. The quantitative estimate of drug-likeness (QED) is 0.693. The van der Waals surface area contributed by atoms with Crippen molar-refractivity contribution in [1.82, 2.24) is 0 Å². The Morgan fingerprint density at radius 1 is 1.25 bits per heavy atom. The highest BCUT2D eigenvalue weighted by molar-refractivity contribution is 5.99. The first-order valence-corrected chi connectivity index (χ1v) is 8.42. The highest BCUT2D eigenvalue weighted by Gasteiger charge is 2.30. The van der Waals surface area contributed by atoms with Crippen LogP contribution in [-0.2, 0) is 17.6 Å². The molecule has 122 valence electrons. The predicted octanol–water partition coefficient (Wildman–Crippen LogP) is 4.57. The molecule has 3 aromatic rings. The molecule has 0 unspecified atom stereocenters. The van der Waals surface area contributed by atoms with Crippen molar-refractivity contribution in [2.45, 2.75) is 39.7 Å². The number of carbonyl (C=O) groups excluding carboxylic acids is 1. The summed E-state index contributed by atoms with van der Waals surface area (Å²) in [6.45, 7) is 6.25. The topological polar surface area (TPSA) is 33.5 Å². The lowest BCUT2D eigenvalue weighted by atomic mass is 10.0. The van der Waals surface area contributed by atoms with Gasteiger partial charge in [0.25, 0.3) is 0 Å². The number of aryl methyl sites for hydroxylation is 2. The van der Waals surface area contributed by atoms with Crippen molar-refractivity contribution >= 4 is 22.6 Å². The average molecular weight is 319 g/mol. The van der Waals surface area contributed by atoms with E-state index >= 15 is 0 Å². The fourth-order valence-corrected chi connectivity index (χ4v) is 3.95. The monoisotopic (exact) mass is 319 g/mol. The summed E-state index contributed by atoms with van der Waals surface area (Å²) in [4.78, 5) is 14.9. The summed E-state index contributed by atoms with van der Waals surface area (Å²) < 4.78 is 5.70. The van der Waals surface area contributed by atoms with E-state index in [2.05, 4.69) is 32.9 Å². The number of carbonyl (C=O) groups is 1. The Bertz CT molecular complexity index is 938.